The third kappa shape index (κ3) is 3.24. The van der Waals surface area contributed by atoms with E-state index in [-0.39, 0.29) is 6.42 Å². The summed E-state index contributed by atoms with van der Waals surface area (Å²) in [6.07, 6.45) is -7.05. The molecule has 0 bridgehead atoms. The second kappa shape index (κ2) is 4.17. The van der Waals surface area contributed by atoms with Gasteiger partial charge in [0.25, 0.3) is 0 Å². The summed E-state index contributed by atoms with van der Waals surface area (Å²) in [6, 6.07) is 0. The Morgan fingerprint density at radius 3 is 1.60 bits per heavy atom. The van der Waals surface area contributed by atoms with Gasteiger partial charge in [0.15, 0.2) is 0 Å². The molecule has 0 aromatic heterocycles. The van der Waals surface area contributed by atoms with E-state index in [1.807, 2.05) is 0 Å². The fourth-order valence-electron chi connectivity index (χ4n) is 0.701. The molecule has 0 aliphatic heterocycles. The Morgan fingerprint density at radius 1 is 0.933 bits per heavy atom. The molecule has 0 aliphatic carbocycles. The summed E-state index contributed by atoms with van der Waals surface area (Å²) in [4.78, 5) is 0. The van der Waals surface area contributed by atoms with Crippen LogP contribution in [-0.4, -0.2) is 18.0 Å². The van der Waals surface area contributed by atoms with Crippen molar-refractivity contribution in [2.24, 2.45) is 5.92 Å². The van der Waals surface area contributed by atoms with E-state index in [2.05, 4.69) is 0 Å². The van der Waals surface area contributed by atoms with Crippen molar-refractivity contribution in [2.45, 2.75) is 38.3 Å². The Labute approximate surface area is 82.5 Å². The monoisotopic (exact) mass is 239 g/mol. The van der Waals surface area contributed by atoms with Gasteiger partial charge in [-0.05, 0) is 12.3 Å². The van der Waals surface area contributed by atoms with Gasteiger partial charge in [-0.15, -0.1) is 0 Å². The van der Waals surface area contributed by atoms with Gasteiger partial charge in [-0.1, -0.05) is 13.8 Å². The van der Waals surface area contributed by atoms with Crippen LogP contribution >= 0.6 is 0 Å². The van der Waals surface area contributed by atoms with E-state index in [4.69, 9.17) is 0 Å². The summed E-state index contributed by atoms with van der Waals surface area (Å²) in [5, 5.41) is 0. The van der Waals surface area contributed by atoms with E-state index in [1.165, 1.54) is 13.8 Å². The fraction of sp³-hybridized carbons (Fsp3) is 0.875. The Bertz CT molecular complexity index is 204. The van der Waals surface area contributed by atoms with E-state index in [0.717, 1.165) is 0 Å². The molecule has 1 radical (unpaired) electrons. The lowest BCUT2D eigenvalue weighted by molar-refractivity contribution is -0.346. The summed E-state index contributed by atoms with van der Waals surface area (Å²) in [5.74, 6) is -11.6. The van der Waals surface area contributed by atoms with Crippen LogP contribution in [0.25, 0.3) is 0 Å². The van der Waals surface area contributed by atoms with E-state index < -0.39 is 30.4 Å². The summed E-state index contributed by atoms with van der Waals surface area (Å²) < 4.78 is 84.4. The maximum Gasteiger partial charge on any atom is 0.459 e. The first-order valence-corrected chi connectivity index (χ1v) is 4.08. The Morgan fingerprint density at radius 2 is 1.33 bits per heavy atom. The molecule has 0 saturated carbocycles. The van der Waals surface area contributed by atoms with Gasteiger partial charge in [-0.2, -0.15) is 30.7 Å². The van der Waals surface area contributed by atoms with E-state index in [0.29, 0.717) is 0 Å². The van der Waals surface area contributed by atoms with Crippen LogP contribution in [-0.2, 0) is 0 Å². The SMILES string of the molecule is CC(C)C[CH]C(F)(F)C(F)(F)C(F)(F)F. The van der Waals surface area contributed by atoms with Gasteiger partial charge >= 0.3 is 18.0 Å². The Balaban J connectivity index is 4.70. The van der Waals surface area contributed by atoms with E-state index >= 15 is 0 Å². The number of alkyl halides is 7. The van der Waals surface area contributed by atoms with Gasteiger partial charge in [0.2, 0.25) is 0 Å². The van der Waals surface area contributed by atoms with Gasteiger partial charge in [0, 0.05) is 6.42 Å². The highest BCUT2D eigenvalue weighted by Gasteiger charge is 2.72. The zero-order chi connectivity index (χ0) is 12.5. The smallest absolute Gasteiger partial charge is 0.199 e. The molecular weight excluding hydrogens is 229 g/mol. The van der Waals surface area contributed by atoms with Crippen molar-refractivity contribution < 1.29 is 30.7 Å². The van der Waals surface area contributed by atoms with Crippen molar-refractivity contribution in [3.63, 3.8) is 0 Å². The number of halogens is 7. The third-order valence-corrected chi connectivity index (χ3v) is 1.62. The van der Waals surface area contributed by atoms with Crippen LogP contribution in [0.4, 0.5) is 30.7 Å². The minimum absolute atomic E-state index is 0.287. The van der Waals surface area contributed by atoms with E-state index in [9.17, 15) is 30.7 Å². The average molecular weight is 239 g/mol. The molecule has 0 aromatic carbocycles. The van der Waals surface area contributed by atoms with Crippen LogP contribution in [0.15, 0.2) is 0 Å². The second-order valence-electron chi connectivity index (χ2n) is 3.53. The predicted molar refractivity (Wildman–Crippen MR) is 39.7 cm³/mol. The van der Waals surface area contributed by atoms with Crippen LogP contribution in [0.1, 0.15) is 20.3 Å². The summed E-state index contributed by atoms with van der Waals surface area (Å²) >= 11 is 0. The maximum atomic E-state index is 12.5. The molecule has 0 atom stereocenters. The number of hydrogen-bond acceptors (Lipinski definition) is 0. The predicted octanol–water partition coefficient (Wildman–Crippen LogP) is 4.07. The molecule has 0 spiro atoms. The molecular formula is C8H10F7. The molecule has 0 saturated heterocycles. The Kier molecular flexibility index (Phi) is 4.04. The minimum atomic E-state index is -6.25. The van der Waals surface area contributed by atoms with Crippen LogP contribution in [0.3, 0.4) is 0 Å². The topological polar surface area (TPSA) is 0 Å². The molecule has 0 heterocycles. The largest absolute Gasteiger partial charge is 0.459 e. The summed E-state index contributed by atoms with van der Waals surface area (Å²) in [5.41, 5.74) is 0. The molecule has 7 heteroatoms. The highest BCUT2D eigenvalue weighted by atomic mass is 19.4. The molecule has 91 valence electrons. The van der Waals surface area contributed by atoms with Crippen LogP contribution < -0.4 is 0 Å². The fourth-order valence-corrected chi connectivity index (χ4v) is 0.701. The summed E-state index contributed by atoms with van der Waals surface area (Å²) in [7, 11) is 0. The number of hydrogen-bond donors (Lipinski definition) is 0. The van der Waals surface area contributed by atoms with Crippen molar-refractivity contribution in [2.75, 3.05) is 0 Å². The first-order valence-electron chi connectivity index (χ1n) is 4.08. The molecule has 0 aliphatic rings. The average Bonchev–Trinajstić information content (AvgIpc) is 1.98. The minimum Gasteiger partial charge on any atom is -0.199 e. The summed E-state index contributed by atoms with van der Waals surface area (Å²) in [6.45, 7) is 2.86. The molecule has 0 rings (SSSR count). The van der Waals surface area contributed by atoms with E-state index in [1.54, 1.807) is 0 Å². The van der Waals surface area contributed by atoms with Crippen molar-refractivity contribution in [1.82, 2.24) is 0 Å². The number of rotatable bonds is 4. The van der Waals surface area contributed by atoms with Crippen molar-refractivity contribution >= 4 is 0 Å². The lowest BCUT2D eigenvalue weighted by Gasteiger charge is -2.28. The van der Waals surface area contributed by atoms with Crippen molar-refractivity contribution in [1.29, 1.82) is 0 Å². The normalized spacial score (nSPS) is 14.8. The quantitative estimate of drug-likeness (QED) is 0.648. The molecule has 0 unspecified atom stereocenters. The maximum absolute atomic E-state index is 12.5. The van der Waals surface area contributed by atoms with Crippen molar-refractivity contribution in [3.8, 4) is 0 Å². The first-order chi connectivity index (χ1) is 6.42. The lowest BCUT2D eigenvalue weighted by Crippen LogP contribution is -2.52. The third-order valence-electron chi connectivity index (χ3n) is 1.62. The molecule has 0 nitrogen and oxygen atoms in total. The van der Waals surface area contributed by atoms with Gasteiger partial charge in [0.05, 0.1) is 0 Å². The van der Waals surface area contributed by atoms with Gasteiger partial charge < -0.3 is 0 Å². The van der Waals surface area contributed by atoms with Gasteiger partial charge in [0.1, 0.15) is 0 Å². The molecule has 0 fully saturated rings. The van der Waals surface area contributed by atoms with Gasteiger partial charge in [-0.25, -0.2) is 0 Å². The second-order valence-corrected chi connectivity index (χ2v) is 3.53. The van der Waals surface area contributed by atoms with Crippen LogP contribution in [0.5, 0.6) is 0 Å². The van der Waals surface area contributed by atoms with Crippen LogP contribution in [0.2, 0.25) is 0 Å². The first kappa shape index (κ1) is 14.5. The lowest BCUT2D eigenvalue weighted by atomic mass is 10.00. The Hall–Kier alpha value is -0.490. The molecule has 0 amide bonds. The van der Waals surface area contributed by atoms with Crippen LogP contribution in [0, 0.1) is 12.3 Å². The van der Waals surface area contributed by atoms with Crippen molar-refractivity contribution in [3.05, 3.63) is 6.42 Å². The molecule has 0 N–H and O–H groups in total. The molecule has 15 heavy (non-hydrogen) atoms. The highest BCUT2D eigenvalue weighted by Crippen LogP contribution is 2.48. The zero-order valence-electron chi connectivity index (χ0n) is 8.01. The zero-order valence-corrected chi connectivity index (χ0v) is 8.01. The standard InChI is InChI=1S/C8H10F7/c1-5(2)3-4-6(9,10)7(11,12)8(13,14)15/h4-5H,3H2,1-2H3. The molecule has 0 aromatic rings. The highest BCUT2D eigenvalue weighted by molar-refractivity contribution is 5.00. The van der Waals surface area contributed by atoms with Gasteiger partial charge in [-0.3, -0.25) is 0 Å².